The van der Waals surface area contributed by atoms with Crippen molar-refractivity contribution in [1.82, 2.24) is 9.55 Å². The minimum atomic E-state index is -3.10. The SMILES string of the molecule is CCc1c[nH]c(=S)n1CC(C)(C)S(C)(=O)=O. The molecule has 0 atom stereocenters. The zero-order chi connectivity index (χ0) is 12.6. The van der Waals surface area contributed by atoms with Gasteiger partial charge in [0, 0.05) is 24.7 Å². The highest BCUT2D eigenvalue weighted by molar-refractivity contribution is 7.92. The molecule has 6 heteroatoms. The van der Waals surface area contributed by atoms with E-state index in [0.717, 1.165) is 12.1 Å². The fourth-order valence-electron chi connectivity index (χ4n) is 1.40. The van der Waals surface area contributed by atoms with Crippen LogP contribution in [-0.2, 0) is 22.8 Å². The van der Waals surface area contributed by atoms with Gasteiger partial charge in [0.15, 0.2) is 14.6 Å². The Balaban J connectivity index is 3.15. The summed E-state index contributed by atoms with van der Waals surface area (Å²) in [6.45, 7) is 5.84. The zero-order valence-corrected chi connectivity index (χ0v) is 11.7. The Bertz CT molecular complexity index is 523. The van der Waals surface area contributed by atoms with E-state index in [-0.39, 0.29) is 0 Å². The molecule has 0 bridgehead atoms. The van der Waals surface area contributed by atoms with E-state index in [0.29, 0.717) is 11.3 Å². The van der Waals surface area contributed by atoms with E-state index in [1.165, 1.54) is 6.26 Å². The number of hydrogen-bond acceptors (Lipinski definition) is 3. The fraction of sp³-hybridized carbons (Fsp3) is 0.700. The topological polar surface area (TPSA) is 54.9 Å². The molecule has 0 aliphatic rings. The van der Waals surface area contributed by atoms with Crippen molar-refractivity contribution in [2.75, 3.05) is 6.26 Å². The summed E-state index contributed by atoms with van der Waals surface area (Å²) in [6.07, 6.45) is 3.92. The van der Waals surface area contributed by atoms with Crippen molar-refractivity contribution in [3.63, 3.8) is 0 Å². The quantitative estimate of drug-likeness (QED) is 0.844. The summed E-state index contributed by atoms with van der Waals surface area (Å²) < 4.78 is 24.9. The number of H-pyrrole nitrogens is 1. The van der Waals surface area contributed by atoms with Gasteiger partial charge in [-0.25, -0.2) is 8.42 Å². The minimum Gasteiger partial charge on any atom is -0.337 e. The lowest BCUT2D eigenvalue weighted by atomic mass is 10.2. The van der Waals surface area contributed by atoms with E-state index in [9.17, 15) is 8.42 Å². The standard InChI is InChI=1S/C10H18N2O2S2/c1-5-8-6-11-9(15)12(8)7-10(2,3)16(4,13)14/h6H,5,7H2,1-4H3,(H,11,15). The first-order valence-electron chi connectivity index (χ1n) is 5.15. The molecule has 0 fully saturated rings. The minimum absolute atomic E-state index is 0.386. The second-order valence-corrected chi connectivity index (χ2v) is 7.59. The molecule has 1 heterocycles. The molecule has 1 rings (SSSR count). The predicted molar refractivity (Wildman–Crippen MR) is 67.9 cm³/mol. The van der Waals surface area contributed by atoms with Gasteiger partial charge in [-0.2, -0.15) is 0 Å². The van der Waals surface area contributed by atoms with Gasteiger partial charge >= 0.3 is 0 Å². The highest BCUT2D eigenvalue weighted by atomic mass is 32.2. The molecule has 0 amide bonds. The third kappa shape index (κ3) is 2.55. The number of hydrogen-bond donors (Lipinski definition) is 1. The third-order valence-corrected chi connectivity index (χ3v) is 5.33. The van der Waals surface area contributed by atoms with E-state index in [2.05, 4.69) is 4.98 Å². The lowest BCUT2D eigenvalue weighted by molar-refractivity contribution is 0.493. The van der Waals surface area contributed by atoms with Crippen molar-refractivity contribution in [3.05, 3.63) is 16.7 Å². The van der Waals surface area contributed by atoms with Gasteiger partial charge in [-0.05, 0) is 32.5 Å². The van der Waals surface area contributed by atoms with Gasteiger partial charge in [0.2, 0.25) is 0 Å². The lowest BCUT2D eigenvalue weighted by Crippen LogP contribution is -2.36. The summed E-state index contributed by atoms with van der Waals surface area (Å²) in [5.74, 6) is 0. The Labute approximate surface area is 102 Å². The van der Waals surface area contributed by atoms with E-state index in [4.69, 9.17) is 12.2 Å². The summed E-state index contributed by atoms with van der Waals surface area (Å²) in [6, 6.07) is 0. The molecule has 0 radical (unpaired) electrons. The van der Waals surface area contributed by atoms with Crippen LogP contribution in [0.5, 0.6) is 0 Å². The zero-order valence-electron chi connectivity index (χ0n) is 10.1. The Morgan fingerprint density at radius 2 is 2.06 bits per heavy atom. The monoisotopic (exact) mass is 262 g/mol. The summed E-state index contributed by atoms with van der Waals surface area (Å²) in [5, 5.41) is 0. The molecule has 0 spiro atoms. The first kappa shape index (κ1) is 13.4. The van der Waals surface area contributed by atoms with Gasteiger partial charge in [0.05, 0.1) is 4.75 Å². The molecular weight excluding hydrogens is 244 g/mol. The van der Waals surface area contributed by atoms with Crippen molar-refractivity contribution in [2.24, 2.45) is 0 Å². The molecule has 0 saturated heterocycles. The molecule has 1 aromatic heterocycles. The second kappa shape index (κ2) is 4.33. The van der Waals surface area contributed by atoms with Gasteiger partial charge in [0.25, 0.3) is 0 Å². The smallest absolute Gasteiger partial charge is 0.177 e. The van der Waals surface area contributed by atoms with E-state index in [1.54, 1.807) is 13.8 Å². The van der Waals surface area contributed by atoms with Gasteiger partial charge in [-0.1, -0.05) is 6.92 Å². The van der Waals surface area contributed by atoms with Crippen LogP contribution in [-0.4, -0.2) is 29.0 Å². The number of imidazole rings is 1. The Kier molecular flexibility index (Phi) is 3.64. The van der Waals surface area contributed by atoms with Crippen LogP contribution in [0.15, 0.2) is 6.20 Å². The number of aromatic amines is 1. The van der Waals surface area contributed by atoms with Crippen molar-refractivity contribution in [1.29, 1.82) is 0 Å². The molecule has 0 saturated carbocycles. The van der Waals surface area contributed by atoms with Crippen LogP contribution in [0.1, 0.15) is 26.5 Å². The second-order valence-electron chi connectivity index (χ2n) is 4.56. The highest BCUT2D eigenvalue weighted by Crippen LogP contribution is 2.19. The van der Waals surface area contributed by atoms with E-state index < -0.39 is 14.6 Å². The molecule has 16 heavy (non-hydrogen) atoms. The van der Waals surface area contributed by atoms with Crippen LogP contribution in [0.3, 0.4) is 0 Å². The molecule has 0 aliphatic carbocycles. The maximum Gasteiger partial charge on any atom is 0.177 e. The molecule has 0 unspecified atom stereocenters. The van der Waals surface area contributed by atoms with Crippen LogP contribution in [0.2, 0.25) is 0 Å². The molecule has 0 aliphatic heterocycles. The maximum absolute atomic E-state index is 11.6. The van der Waals surface area contributed by atoms with Gasteiger partial charge in [0.1, 0.15) is 0 Å². The Hall–Kier alpha value is -0.620. The van der Waals surface area contributed by atoms with E-state index >= 15 is 0 Å². The lowest BCUT2D eigenvalue weighted by Gasteiger charge is -2.23. The van der Waals surface area contributed by atoms with Gasteiger partial charge in [-0.15, -0.1) is 0 Å². The molecule has 92 valence electrons. The molecule has 0 aromatic carbocycles. The van der Waals surface area contributed by atoms with Crippen LogP contribution in [0.4, 0.5) is 0 Å². The number of nitrogens with one attached hydrogen (secondary N) is 1. The van der Waals surface area contributed by atoms with Crippen LogP contribution < -0.4 is 0 Å². The average Bonchev–Trinajstić information content (AvgIpc) is 2.45. The first-order chi connectivity index (χ1) is 7.19. The largest absolute Gasteiger partial charge is 0.337 e. The maximum atomic E-state index is 11.6. The number of nitrogens with zero attached hydrogens (tertiary/aromatic N) is 1. The van der Waals surface area contributed by atoms with Crippen molar-refractivity contribution < 1.29 is 8.42 Å². The third-order valence-electron chi connectivity index (χ3n) is 2.86. The summed E-state index contributed by atoms with van der Waals surface area (Å²) in [5.41, 5.74) is 1.03. The summed E-state index contributed by atoms with van der Waals surface area (Å²) in [4.78, 5) is 2.95. The van der Waals surface area contributed by atoms with Crippen molar-refractivity contribution >= 4 is 22.1 Å². The van der Waals surface area contributed by atoms with Crippen LogP contribution >= 0.6 is 12.2 Å². The van der Waals surface area contributed by atoms with Crippen LogP contribution in [0, 0.1) is 4.77 Å². The molecular formula is C10H18N2O2S2. The first-order valence-corrected chi connectivity index (χ1v) is 7.45. The normalized spacial score (nSPS) is 13.0. The van der Waals surface area contributed by atoms with E-state index in [1.807, 2.05) is 17.7 Å². The molecule has 4 nitrogen and oxygen atoms in total. The van der Waals surface area contributed by atoms with Gasteiger partial charge < -0.3 is 9.55 Å². The van der Waals surface area contributed by atoms with Crippen molar-refractivity contribution in [2.45, 2.75) is 38.5 Å². The summed E-state index contributed by atoms with van der Waals surface area (Å²) in [7, 11) is -3.10. The number of sulfone groups is 1. The Morgan fingerprint density at radius 1 is 1.50 bits per heavy atom. The number of aromatic nitrogens is 2. The molecule has 1 aromatic rings. The predicted octanol–water partition coefficient (Wildman–Crippen LogP) is 1.93. The Morgan fingerprint density at radius 3 is 2.50 bits per heavy atom. The van der Waals surface area contributed by atoms with Crippen LogP contribution in [0.25, 0.3) is 0 Å². The number of rotatable bonds is 4. The molecule has 1 N–H and O–H groups in total. The van der Waals surface area contributed by atoms with Crippen molar-refractivity contribution in [3.8, 4) is 0 Å². The average molecular weight is 262 g/mol. The number of aryl methyl sites for hydroxylation is 1. The highest BCUT2D eigenvalue weighted by Gasteiger charge is 2.31. The van der Waals surface area contributed by atoms with Gasteiger partial charge in [-0.3, -0.25) is 0 Å². The summed E-state index contributed by atoms with van der Waals surface area (Å²) >= 11 is 5.14. The fourth-order valence-corrected chi connectivity index (χ4v) is 2.00.